The zero-order valence-corrected chi connectivity index (χ0v) is 22.9. The number of methoxy groups -OCH3 is 1. The molecular weight excluding hydrogens is 488 g/mol. The lowest BCUT2D eigenvalue weighted by atomic mass is 9.70. The number of aliphatic hydroxyl groups is 2. The van der Waals surface area contributed by atoms with Crippen LogP contribution >= 0.6 is 0 Å². The summed E-state index contributed by atoms with van der Waals surface area (Å²) in [6, 6.07) is 14.3. The standard InChI is InChI=1S/C29H36N2O7/c1-27(2,3)37-25(34)30-16-20(18-12-8-10-14-21(18)30)29(23(33)17-32)19-13-9-11-15-22(19)31(24(29)36-7)26(35)38-28(4,5)6/h8-16,23-24,32-33H,17H2,1-7H3/t23-,24?,29-/m1/s1. The maximum atomic E-state index is 13.6. The largest absolute Gasteiger partial charge is 0.443 e. The molecule has 0 fully saturated rings. The van der Waals surface area contributed by atoms with E-state index in [9.17, 15) is 19.8 Å². The SMILES string of the molecule is COC1N(C(=O)OC(C)(C)C)c2ccccc2[C@@]1(c1cn(C(=O)OC(C)(C)C)c2ccccc12)[C@H](O)CO. The molecule has 1 aromatic heterocycles. The molecule has 0 saturated heterocycles. The predicted octanol–water partition coefficient (Wildman–Crippen LogP) is 4.79. The normalized spacial score (nSPS) is 20.3. The van der Waals surface area contributed by atoms with Crippen LogP contribution in [0.25, 0.3) is 10.9 Å². The first-order valence-corrected chi connectivity index (χ1v) is 12.5. The van der Waals surface area contributed by atoms with Crippen molar-refractivity contribution in [3.63, 3.8) is 0 Å². The van der Waals surface area contributed by atoms with Gasteiger partial charge in [0, 0.05) is 18.7 Å². The number of carbonyl (C=O) groups excluding carboxylic acids is 2. The molecule has 1 aliphatic heterocycles. The number of rotatable bonds is 4. The maximum Gasteiger partial charge on any atom is 0.419 e. The number of benzene rings is 2. The van der Waals surface area contributed by atoms with E-state index in [1.165, 1.54) is 16.6 Å². The van der Waals surface area contributed by atoms with Gasteiger partial charge in [-0.2, -0.15) is 0 Å². The summed E-state index contributed by atoms with van der Waals surface area (Å²) in [5.41, 5.74) is -0.966. The van der Waals surface area contributed by atoms with Crippen LogP contribution in [0.2, 0.25) is 0 Å². The molecule has 9 nitrogen and oxygen atoms in total. The van der Waals surface area contributed by atoms with Gasteiger partial charge in [0.25, 0.3) is 0 Å². The Kier molecular flexibility index (Phi) is 7.07. The van der Waals surface area contributed by atoms with Gasteiger partial charge in [0.1, 0.15) is 11.2 Å². The van der Waals surface area contributed by atoms with Gasteiger partial charge in [0.2, 0.25) is 0 Å². The van der Waals surface area contributed by atoms with Gasteiger partial charge in [-0.25, -0.2) is 14.5 Å². The predicted molar refractivity (Wildman–Crippen MR) is 143 cm³/mol. The minimum atomic E-state index is -1.48. The quantitative estimate of drug-likeness (QED) is 0.505. The summed E-state index contributed by atoms with van der Waals surface area (Å²) >= 11 is 0. The number of carbonyl (C=O) groups is 2. The van der Waals surface area contributed by atoms with E-state index in [1.54, 1.807) is 84.1 Å². The first kappa shape index (κ1) is 27.6. The number of fused-ring (bicyclic) bond motifs is 2. The summed E-state index contributed by atoms with van der Waals surface area (Å²) in [4.78, 5) is 28.2. The van der Waals surface area contributed by atoms with E-state index >= 15 is 0 Å². The van der Waals surface area contributed by atoms with Crippen molar-refractivity contribution in [2.24, 2.45) is 0 Å². The second kappa shape index (κ2) is 9.72. The summed E-state index contributed by atoms with van der Waals surface area (Å²) in [5, 5.41) is 22.6. The Morgan fingerprint density at radius 1 is 0.921 bits per heavy atom. The molecule has 0 radical (unpaired) electrons. The number of anilines is 1. The van der Waals surface area contributed by atoms with E-state index in [4.69, 9.17) is 14.2 Å². The highest BCUT2D eigenvalue weighted by Crippen LogP contribution is 2.54. The summed E-state index contributed by atoms with van der Waals surface area (Å²) in [6.07, 6.45) is -2.20. The van der Waals surface area contributed by atoms with E-state index in [2.05, 4.69) is 0 Å². The number of aliphatic hydroxyl groups excluding tert-OH is 2. The van der Waals surface area contributed by atoms with Crippen LogP contribution in [0.1, 0.15) is 52.7 Å². The molecule has 9 heteroatoms. The van der Waals surface area contributed by atoms with Gasteiger partial charge in [-0.3, -0.25) is 4.57 Å². The number of amides is 1. The van der Waals surface area contributed by atoms with Crippen LogP contribution in [0.15, 0.2) is 54.7 Å². The summed E-state index contributed by atoms with van der Waals surface area (Å²) in [7, 11) is 1.43. The number of hydrogen-bond acceptors (Lipinski definition) is 7. The van der Waals surface area contributed by atoms with Crippen molar-refractivity contribution in [2.75, 3.05) is 18.6 Å². The lowest BCUT2D eigenvalue weighted by Crippen LogP contribution is -2.56. The lowest BCUT2D eigenvalue weighted by molar-refractivity contribution is -0.0353. The molecule has 2 heterocycles. The van der Waals surface area contributed by atoms with Gasteiger partial charge in [0.15, 0.2) is 6.23 Å². The molecule has 1 unspecified atom stereocenters. The van der Waals surface area contributed by atoms with Crippen molar-refractivity contribution >= 4 is 28.8 Å². The smallest absolute Gasteiger partial charge is 0.419 e. The highest BCUT2D eigenvalue weighted by molar-refractivity contribution is 5.97. The molecule has 0 spiro atoms. The van der Waals surface area contributed by atoms with Crippen LogP contribution < -0.4 is 4.90 Å². The molecule has 204 valence electrons. The second-order valence-electron chi connectivity index (χ2n) is 11.4. The van der Waals surface area contributed by atoms with Crippen LogP contribution in [0, 0.1) is 0 Å². The van der Waals surface area contributed by atoms with E-state index in [0.717, 1.165) is 0 Å². The molecule has 3 atom stereocenters. The average molecular weight is 525 g/mol. The molecule has 1 amide bonds. The third kappa shape index (κ3) is 4.55. The Morgan fingerprint density at radius 3 is 2.11 bits per heavy atom. The zero-order chi connectivity index (χ0) is 28.0. The molecule has 0 saturated carbocycles. The first-order valence-electron chi connectivity index (χ1n) is 12.5. The number of nitrogens with zero attached hydrogens (tertiary/aromatic N) is 2. The van der Waals surface area contributed by atoms with Gasteiger partial charge in [-0.1, -0.05) is 36.4 Å². The van der Waals surface area contributed by atoms with E-state index in [-0.39, 0.29) is 0 Å². The monoisotopic (exact) mass is 524 g/mol. The van der Waals surface area contributed by atoms with Crippen molar-refractivity contribution < 1.29 is 34.0 Å². The topological polar surface area (TPSA) is 110 Å². The average Bonchev–Trinajstić information content (AvgIpc) is 3.35. The van der Waals surface area contributed by atoms with Crippen molar-refractivity contribution in [1.29, 1.82) is 0 Å². The molecule has 0 aliphatic carbocycles. The fourth-order valence-electron chi connectivity index (χ4n) is 5.21. The van der Waals surface area contributed by atoms with Gasteiger partial charge >= 0.3 is 12.2 Å². The number of para-hydroxylation sites is 2. The molecule has 2 N–H and O–H groups in total. The Bertz CT molecular complexity index is 1350. The van der Waals surface area contributed by atoms with E-state index in [0.29, 0.717) is 27.7 Å². The third-order valence-electron chi connectivity index (χ3n) is 6.49. The first-order chi connectivity index (χ1) is 17.8. The van der Waals surface area contributed by atoms with Crippen LogP contribution in [0.4, 0.5) is 15.3 Å². The second-order valence-corrected chi connectivity index (χ2v) is 11.4. The Hall–Kier alpha value is -3.40. The van der Waals surface area contributed by atoms with E-state index < -0.39 is 47.7 Å². The summed E-state index contributed by atoms with van der Waals surface area (Å²) in [6.45, 7) is 9.99. The van der Waals surface area contributed by atoms with E-state index in [1.807, 2.05) is 12.1 Å². The molecule has 1 aliphatic rings. The van der Waals surface area contributed by atoms with Crippen LogP contribution in [0.5, 0.6) is 0 Å². The van der Waals surface area contributed by atoms with Crippen molar-refractivity contribution in [3.05, 3.63) is 65.9 Å². The lowest BCUT2D eigenvalue weighted by Gasteiger charge is -2.40. The number of hydrogen-bond donors (Lipinski definition) is 2. The van der Waals surface area contributed by atoms with Crippen LogP contribution in [-0.2, 0) is 19.6 Å². The molecule has 4 rings (SSSR count). The van der Waals surface area contributed by atoms with Crippen LogP contribution in [-0.4, -0.2) is 64.2 Å². The Morgan fingerprint density at radius 2 is 1.50 bits per heavy atom. The summed E-state index contributed by atoms with van der Waals surface area (Å²) in [5.74, 6) is 0. The molecule has 2 aromatic carbocycles. The third-order valence-corrected chi connectivity index (χ3v) is 6.49. The van der Waals surface area contributed by atoms with Gasteiger partial charge < -0.3 is 24.4 Å². The van der Waals surface area contributed by atoms with Crippen molar-refractivity contribution in [1.82, 2.24) is 4.57 Å². The highest BCUT2D eigenvalue weighted by Gasteiger charge is 2.60. The van der Waals surface area contributed by atoms with Gasteiger partial charge in [-0.15, -0.1) is 0 Å². The van der Waals surface area contributed by atoms with Crippen molar-refractivity contribution in [3.8, 4) is 0 Å². The van der Waals surface area contributed by atoms with Crippen LogP contribution in [0.3, 0.4) is 0 Å². The molecule has 0 bridgehead atoms. The summed E-state index contributed by atoms with van der Waals surface area (Å²) < 4.78 is 18.7. The minimum Gasteiger partial charge on any atom is -0.443 e. The number of aromatic nitrogens is 1. The molecule has 3 aromatic rings. The fourth-order valence-corrected chi connectivity index (χ4v) is 5.21. The minimum absolute atomic E-state index is 0.468. The zero-order valence-electron chi connectivity index (χ0n) is 22.9. The van der Waals surface area contributed by atoms with Crippen molar-refractivity contribution in [2.45, 2.75) is 70.5 Å². The Balaban J connectivity index is 2.04. The Labute approximate surface area is 222 Å². The van der Waals surface area contributed by atoms with Gasteiger partial charge in [0.05, 0.1) is 29.3 Å². The van der Waals surface area contributed by atoms with Gasteiger partial charge in [-0.05, 0) is 64.8 Å². The molecule has 38 heavy (non-hydrogen) atoms. The highest BCUT2D eigenvalue weighted by atomic mass is 16.6. The number of ether oxygens (including phenoxy) is 3. The fraction of sp³-hybridized carbons (Fsp3) is 0.448. The maximum absolute atomic E-state index is 13.6. The molecular formula is C29H36N2O7.